The van der Waals surface area contributed by atoms with Crippen LogP contribution < -0.4 is 10.6 Å². The first kappa shape index (κ1) is 10.4. The molecular formula is C10H22N4. The van der Waals surface area contributed by atoms with E-state index in [1.807, 2.05) is 0 Å². The largest absolute Gasteiger partial charge is 0.314 e. The maximum absolute atomic E-state index is 3.39. The molecule has 0 atom stereocenters. The number of rotatable bonds is 3. The first-order valence-electron chi connectivity index (χ1n) is 5.81. The van der Waals surface area contributed by atoms with Gasteiger partial charge in [0.2, 0.25) is 0 Å². The van der Waals surface area contributed by atoms with E-state index in [1.54, 1.807) is 0 Å². The van der Waals surface area contributed by atoms with Crippen LogP contribution in [0.3, 0.4) is 0 Å². The van der Waals surface area contributed by atoms with Crippen LogP contribution >= 0.6 is 0 Å². The molecule has 0 unspecified atom stereocenters. The fraction of sp³-hybridized carbons (Fsp3) is 1.00. The summed E-state index contributed by atoms with van der Waals surface area (Å²) in [5.41, 5.74) is 0. The highest BCUT2D eigenvalue weighted by molar-refractivity contribution is 4.72. The van der Waals surface area contributed by atoms with Gasteiger partial charge in [-0.1, -0.05) is 0 Å². The third-order valence-corrected chi connectivity index (χ3v) is 3.15. The van der Waals surface area contributed by atoms with Crippen molar-refractivity contribution in [3.63, 3.8) is 0 Å². The van der Waals surface area contributed by atoms with Crippen molar-refractivity contribution in [3.05, 3.63) is 0 Å². The van der Waals surface area contributed by atoms with Gasteiger partial charge in [0, 0.05) is 65.4 Å². The van der Waals surface area contributed by atoms with Crippen LogP contribution in [0, 0.1) is 0 Å². The van der Waals surface area contributed by atoms with Gasteiger partial charge in [0.25, 0.3) is 0 Å². The molecule has 2 saturated heterocycles. The van der Waals surface area contributed by atoms with Gasteiger partial charge in [-0.2, -0.15) is 0 Å². The molecule has 0 aromatic heterocycles. The molecular weight excluding hydrogens is 176 g/mol. The lowest BCUT2D eigenvalue weighted by atomic mass is 10.3. The van der Waals surface area contributed by atoms with Gasteiger partial charge < -0.3 is 10.6 Å². The summed E-state index contributed by atoms with van der Waals surface area (Å²) >= 11 is 0. The van der Waals surface area contributed by atoms with E-state index < -0.39 is 0 Å². The molecule has 4 heteroatoms. The van der Waals surface area contributed by atoms with E-state index in [0.29, 0.717) is 0 Å². The van der Waals surface area contributed by atoms with Crippen LogP contribution in [0.25, 0.3) is 0 Å². The van der Waals surface area contributed by atoms with E-state index >= 15 is 0 Å². The van der Waals surface area contributed by atoms with Crippen LogP contribution in [-0.2, 0) is 0 Å². The summed E-state index contributed by atoms with van der Waals surface area (Å²) in [6.07, 6.45) is 0. The van der Waals surface area contributed by atoms with Gasteiger partial charge in [-0.05, 0) is 0 Å². The van der Waals surface area contributed by atoms with Gasteiger partial charge in [0.15, 0.2) is 0 Å². The topological polar surface area (TPSA) is 30.5 Å². The van der Waals surface area contributed by atoms with Crippen LogP contribution in [-0.4, -0.2) is 75.2 Å². The van der Waals surface area contributed by atoms with Crippen molar-refractivity contribution in [2.75, 3.05) is 65.4 Å². The lowest BCUT2D eigenvalue weighted by Gasteiger charge is -2.32. The summed E-state index contributed by atoms with van der Waals surface area (Å²) in [7, 11) is 0. The molecule has 2 aliphatic heterocycles. The molecule has 0 saturated carbocycles. The molecule has 2 fully saturated rings. The number of hydrogen-bond donors (Lipinski definition) is 2. The second-order valence-electron chi connectivity index (χ2n) is 4.18. The van der Waals surface area contributed by atoms with E-state index in [2.05, 4.69) is 20.4 Å². The normalized spacial score (nSPS) is 26.6. The fourth-order valence-corrected chi connectivity index (χ4v) is 2.15. The van der Waals surface area contributed by atoms with Gasteiger partial charge in [-0.25, -0.2) is 0 Å². The van der Waals surface area contributed by atoms with Crippen molar-refractivity contribution in [2.45, 2.75) is 0 Å². The number of hydrogen-bond acceptors (Lipinski definition) is 4. The Kier molecular flexibility index (Phi) is 4.19. The Hall–Kier alpha value is -0.160. The minimum absolute atomic E-state index is 1.17. The maximum Gasteiger partial charge on any atom is 0.0110 e. The van der Waals surface area contributed by atoms with Crippen LogP contribution in [0.1, 0.15) is 0 Å². The van der Waals surface area contributed by atoms with Gasteiger partial charge in [-0.15, -0.1) is 0 Å². The Morgan fingerprint density at radius 3 is 1.36 bits per heavy atom. The van der Waals surface area contributed by atoms with E-state index in [1.165, 1.54) is 65.4 Å². The van der Waals surface area contributed by atoms with E-state index in [4.69, 9.17) is 0 Å². The molecule has 2 heterocycles. The Balaban J connectivity index is 1.60. The predicted octanol–water partition coefficient (Wildman–Crippen LogP) is -1.20. The number of nitrogens with one attached hydrogen (secondary N) is 2. The van der Waals surface area contributed by atoms with Crippen LogP contribution in [0.5, 0.6) is 0 Å². The minimum Gasteiger partial charge on any atom is -0.314 e. The Labute approximate surface area is 86.6 Å². The third kappa shape index (κ3) is 3.20. The molecule has 2 rings (SSSR count). The molecule has 0 amide bonds. The fourth-order valence-electron chi connectivity index (χ4n) is 2.15. The molecule has 0 aromatic rings. The second kappa shape index (κ2) is 5.66. The lowest BCUT2D eigenvalue weighted by molar-refractivity contribution is 0.177. The van der Waals surface area contributed by atoms with Crippen LogP contribution in [0.4, 0.5) is 0 Å². The molecule has 0 bridgehead atoms. The standard InChI is InChI=1S/C10H22N4/c1-5-13(6-2-11-1)9-10-14-7-3-12-4-8-14/h11-12H,1-10H2. The van der Waals surface area contributed by atoms with Crippen molar-refractivity contribution in [3.8, 4) is 0 Å². The number of piperazine rings is 2. The van der Waals surface area contributed by atoms with Gasteiger partial charge in [0.05, 0.1) is 0 Å². The molecule has 0 aromatic carbocycles. The minimum atomic E-state index is 1.17. The Bertz CT molecular complexity index is 132. The summed E-state index contributed by atoms with van der Waals surface area (Å²) in [5.74, 6) is 0. The zero-order chi connectivity index (χ0) is 9.64. The second-order valence-corrected chi connectivity index (χ2v) is 4.18. The highest BCUT2D eigenvalue weighted by Gasteiger charge is 2.13. The molecule has 0 radical (unpaired) electrons. The highest BCUT2D eigenvalue weighted by atomic mass is 15.2. The molecule has 82 valence electrons. The van der Waals surface area contributed by atoms with Gasteiger partial charge >= 0.3 is 0 Å². The summed E-state index contributed by atoms with van der Waals surface area (Å²) in [6, 6.07) is 0. The van der Waals surface area contributed by atoms with Crippen molar-refractivity contribution in [1.82, 2.24) is 20.4 Å². The van der Waals surface area contributed by atoms with Gasteiger partial charge in [-0.3, -0.25) is 9.80 Å². The quantitative estimate of drug-likeness (QED) is 0.596. The predicted molar refractivity (Wildman–Crippen MR) is 58.6 cm³/mol. The summed E-state index contributed by atoms with van der Waals surface area (Å²) in [4.78, 5) is 5.14. The zero-order valence-electron chi connectivity index (χ0n) is 8.97. The molecule has 0 spiro atoms. The summed E-state index contributed by atoms with van der Waals surface area (Å²) in [5, 5.41) is 6.77. The SMILES string of the molecule is C1CN(CCN2CCNCC2)CCN1. The average Bonchev–Trinajstić information content (AvgIpc) is 2.29. The molecule has 0 aliphatic carbocycles. The Morgan fingerprint density at radius 2 is 1.00 bits per heavy atom. The molecule has 14 heavy (non-hydrogen) atoms. The van der Waals surface area contributed by atoms with E-state index in [0.717, 1.165) is 0 Å². The van der Waals surface area contributed by atoms with Crippen molar-refractivity contribution in [2.24, 2.45) is 0 Å². The first-order valence-corrected chi connectivity index (χ1v) is 5.81. The van der Waals surface area contributed by atoms with Crippen LogP contribution in [0.15, 0.2) is 0 Å². The summed E-state index contributed by atoms with van der Waals surface area (Å²) < 4.78 is 0. The number of nitrogens with zero attached hydrogens (tertiary/aromatic N) is 2. The monoisotopic (exact) mass is 198 g/mol. The summed E-state index contributed by atoms with van der Waals surface area (Å²) in [6.45, 7) is 12.1. The smallest absolute Gasteiger partial charge is 0.0110 e. The zero-order valence-corrected chi connectivity index (χ0v) is 8.97. The maximum atomic E-state index is 3.39. The third-order valence-electron chi connectivity index (χ3n) is 3.15. The van der Waals surface area contributed by atoms with E-state index in [-0.39, 0.29) is 0 Å². The molecule has 2 aliphatic rings. The van der Waals surface area contributed by atoms with Gasteiger partial charge in [0.1, 0.15) is 0 Å². The van der Waals surface area contributed by atoms with Crippen molar-refractivity contribution < 1.29 is 0 Å². The molecule has 2 N–H and O–H groups in total. The van der Waals surface area contributed by atoms with E-state index in [9.17, 15) is 0 Å². The van der Waals surface area contributed by atoms with Crippen LogP contribution in [0.2, 0.25) is 0 Å². The highest BCUT2D eigenvalue weighted by Crippen LogP contribution is 1.96. The molecule has 4 nitrogen and oxygen atoms in total. The first-order chi connectivity index (χ1) is 6.95. The van der Waals surface area contributed by atoms with Crippen molar-refractivity contribution >= 4 is 0 Å². The van der Waals surface area contributed by atoms with Crippen molar-refractivity contribution in [1.29, 1.82) is 0 Å². The average molecular weight is 198 g/mol. The Morgan fingerprint density at radius 1 is 0.643 bits per heavy atom. The lowest BCUT2D eigenvalue weighted by Crippen LogP contribution is -2.49.